The third-order valence-electron chi connectivity index (χ3n) is 23.1. The summed E-state index contributed by atoms with van der Waals surface area (Å²) in [6.07, 6.45) is -4.21. The number of hydrogen-bond acceptors (Lipinski definition) is 20. The predicted molar refractivity (Wildman–Crippen MR) is 474 cm³/mol. The van der Waals surface area contributed by atoms with Gasteiger partial charge in [-0.3, -0.25) is 71.9 Å². The molecule has 0 bridgehead atoms. The van der Waals surface area contributed by atoms with E-state index in [0.29, 0.717) is 75.3 Å². The fraction of sp³-hybridized carbons (Fsp3) is 0.451. The van der Waals surface area contributed by atoms with Crippen LogP contribution < -0.4 is 59.3 Å². The van der Waals surface area contributed by atoms with Gasteiger partial charge in [-0.05, 0) is 166 Å². The van der Waals surface area contributed by atoms with Crippen LogP contribution in [0.3, 0.4) is 0 Å². The van der Waals surface area contributed by atoms with Crippen LogP contribution >= 0.6 is 0 Å². The van der Waals surface area contributed by atoms with Gasteiger partial charge in [-0.15, -0.1) is 0 Å². The highest BCUT2D eigenvalue weighted by Crippen LogP contribution is 2.35. The second-order valence-corrected chi connectivity index (χ2v) is 32.9. The highest BCUT2D eigenvalue weighted by atomic mass is 19.4. The molecule has 11 atom stereocenters. The number of rotatable bonds is 31. The minimum absolute atomic E-state index is 0.0381. The number of aromatic nitrogens is 2. The third-order valence-corrected chi connectivity index (χ3v) is 23.1. The number of amides is 14. The Balaban J connectivity index is 0.00000299. The molecule has 1 saturated heterocycles. The number of carbonyl (C=O) groups is 16. The van der Waals surface area contributed by atoms with Gasteiger partial charge in [0.25, 0.3) is 0 Å². The maximum Gasteiger partial charge on any atom is 0.490 e. The SMILES string of the molecule is CC(=O)NCCCC[C@H]1C(=O)N[C@@H](Cc2c[nH]c3ccc(O)cc23)C(=O)N[C@@H](Cc2c[nH]c3ccccc23)C(=O)N[C@@H](C2CC2)C(=O)N(C)[C@H](C(=O)N(C)[C@@H](Cc2ccc(F)cc2)C(=O)N[C@@H](CCCCN)C(N)=O)CNC(=O)CCC[C@H](NC(=O)CCC(=O)O)C(=O)N[C@@H](Cc2ccc(O)cc2)C(=O)N[C@@H](CO)C(=O)N(C)[C@@H](CCc2ccccc2)C(=O)N1C.O=C(O)C(F)(F)F. The Hall–Kier alpha value is -14.1. The standard InChI is InChI=1S/C89H114FN17O19.C2HF3O2/c1-51(109)93-41-14-12-22-71-84(121)101-68(45-57-48-95-64-36-35-60(111)46-62(57)64)82(119)100-69(44-56-47-94-63-19-10-9-18-61(56)63)83(120)103-78(55-29-30-55)89(126)107(5)74(88(125)106(4)73(43-54-24-31-58(90)32-25-54)85(122)98-65(79(92)116)20-11-13-40-91)49-96-75(112)23-15-21-66(97-76(113)38-39-77(114)115)80(117)99-67(42-53-26-33-59(110)34-27-53)81(118)102-70(50-108)86(123)105(3)72(87(124)104(71)2)37-28-52-16-7-6-8-17-52;3-2(4,5)1(6)7/h6-10,16-19,24-27,31-36,46-48,55,65-74,78,94-95,108,110-111H,11-15,20-23,28-30,37-45,49-50,91H2,1-5H3,(H2,92,116)(H,93,109)(H,96,112)(H,97,113)(H,98,122)(H,99,117)(H,100,119)(H,101,121)(H,102,118)(H,103,120)(H,114,115);(H,6,7)/t65-,66-,67-,68-,69-,70-,71-,72-,73-,74-,78-;/m0./s1. The number of alkyl halides is 3. The summed E-state index contributed by atoms with van der Waals surface area (Å²) in [6.45, 7) is -0.186. The Bertz CT molecular complexity index is 5250. The zero-order valence-corrected chi connectivity index (χ0v) is 74.1. The van der Waals surface area contributed by atoms with Gasteiger partial charge < -0.3 is 114 Å². The highest BCUT2D eigenvalue weighted by molar-refractivity contribution is 6.01. The number of primary amides is 1. The minimum atomic E-state index is -5.08. The molecule has 2 fully saturated rings. The monoisotopic (exact) mass is 1860 g/mol. The smallest absolute Gasteiger partial charge is 0.490 e. The molecule has 718 valence electrons. The summed E-state index contributed by atoms with van der Waals surface area (Å²) in [4.78, 5) is 240. The third kappa shape index (κ3) is 31.3. The number of carboxylic acids is 2. The van der Waals surface area contributed by atoms with E-state index in [0.717, 1.165) is 31.7 Å². The van der Waals surface area contributed by atoms with Crippen LogP contribution in [0, 0.1) is 11.7 Å². The van der Waals surface area contributed by atoms with E-state index >= 15 is 38.4 Å². The molecule has 9 rings (SSSR count). The topological polar surface area (TPSA) is 579 Å². The second kappa shape index (κ2) is 49.8. The summed E-state index contributed by atoms with van der Waals surface area (Å²) in [7, 11) is 4.99. The Morgan fingerprint density at radius 2 is 1.17 bits per heavy atom. The molecule has 2 aliphatic rings. The summed E-state index contributed by atoms with van der Waals surface area (Å²) >= 11 is 0. The summed E-state index contributed by atoms with van der Waals surface area (Å²) in [5, 5.41) is 74.4. The lowest BCUT2D eigenvalue weighted by Crippen LogP contribution is -2.63. The van der Waals surface area contributed by atoms with Gasteiger partial charge in [0.05, 0.1) is 13.0 Å². The van der Waals surface area contributed by atoms with Gasteiger partial charge in [-0.25, -0.2) is 9.18 Å². The molecule has 0 radical (unpaired) electrons. The molecule has 5 aromatic carbocycles. The van der Waals surface area contributed by atoms with Crippen LogP contribution in [-0.2, 0) is 109 Å². The molecule has 42 heteroatoms. The summed E-state index contributed by atoms with van der Waals surface area (Å²) < 4.78 is 46.3. The Kier molecular flexibility index (Phi) is 39.1. The molecule has 1 aliphatic heterocycles. The first-order chi connectivity index (χ1) is 63.2. The average molecular weight is 1860 g/mol. The maximum atomic E-state index is 16.0. The molecule has 38 nitrogen and oxygen atoms in total. The molecule has 3 heterocycles. The number of benzene rings is 5. The number of nitrogens with zero attached hydrogens (tertiary/aromatic N) is 4. The van der Waals surface area contributed by atoms with Crippen molar-refractivity contribution in [2.24, 2.45) is 17.4 Å². The number of phenolic OH excluding ortho intramolecular Hbond substituents is 2. The number of aliphatic hydroxyl groups is 1. The zero-order valence-electron chi connectivity index (χ0n) is 74.1. The number of unbranched alkanes of at least 4 members (excludes halogenated alkanes) is 2. The van der Waals surface area contributed by atoms with Crippen LogP contribution in [0.5, 0.6) is 11.5 Å². The number of nitrogens with two attached hydrogens (primary N) is 2. The Labute approximate surface area is 762 Å². The molecule has 1 saturated carbocycles. The van der Waals surface area contributed by atoms with Crippen molar-refractivity contribution < 1.29 is 120 Å². The molecule has 2 aromatic heterocycles. The average Bonchev–Trinajstić information content (AvgIpc) is 1.74. The highest BCUT2D eigenvalue weighted by Gasteiger charge is 2.46. The van der Waals surface area contributed by atoms with Gasteiger partial charge in [0.2, 0.25) is 82.7 Å². The molecular formula is C91H115F4N17O21. The van der Waals surface area contributed by atoms with Gasteiger partial charge in [0, 0.05) is 121 Å². The van der Waals surface area contributed by atoms with Gasteiger partial charge >= 0.3 is 18.1 Å². The van der Waals surface area contributed by atoms with Crippen LogP contribution in [0.15, 0.2) is 134 Å². The van der Waals surface area contributed by atoms with E-state index in [1.54, 1.807) is 73.1 Å². The quantitative estimate of drug-likeness (QED) is 0.0218. The Morgan fingerprint density at radius 3 is 1.78 bits per heavy atom. The van der Waals surface area contributed by atoms with E-state index in [1.807, 2.05) is 0 Å². The molecule has 20 N–H and O–H groups in total. The van der Waals surface area contributed by atoms with Crippen molar-refractivity contribution in [1.29, 1.82) is 0 Å². The molecule has 0 unspecified atom stereocenters. The van der Waals surface area contributed by atoms with Crippen molar-refractivity contribution in [2.45, 2.75) is 202 Å². The number of para-hydroxylation sites is 1. The number of aliphatic carboxylic acids is 2. The van der Waals surface area contributed by atoms with Crippen LogP contribution in [-0.4, -0.2) is 277 Å². The summed E-state index contributed by atoms with van der Waals surface area (Å²) in [6, 6.07) is 12.8. The molecule has 1 aliphatic carbocycles. The lowest BCUT2D eigenvalue weighted by atomic mass is 9.99. The lowest BCUT2D eigenvalue weighted by Gasteiger charge is -2.36. The van der Waals surface area contributed by atoms with E-state index in [1.165, 1.54) is 83.6 Å². The lowest BCUT2D eigenvalue weighted by molar-refractivity contribution is -0.192. The molecule has 14 amide bonds. The number of aliphatic hydroxyl groups excluding tert-OH is 1. The molecule has 7 aromatic rings. The fourth-order valence-corrected chi connectivity index (χ4v) is 15.3. The number of fused-ring (bicyclic) bond motifs is 2. The molecule has 133 heavy (non-hydrogen) atoms. The second-order valence-electron chi connectivity index (χ2n) is 32.9. The molecular weight excluding hydrogens is 1740 g/mol. The Morgan fingerprint density at radius 1 is 0.602 bits per heavy atom. The van der Waals surface area contributed by atoms with Gasteiger partial charge in [-0.2, -0.15) is 13.2 Å². The van der Waals surface area contributed by atoms with E-state index in [-0.39, 0.29) is 94.7 Å². The van der Waals surface area contributed by atoms with Gasteiger partial charge in [0.15, 0.2) is 0 Å². The number of aryl methyl sites for hydroxylation is 1. The number of halogens is 4. The number of likely N-dealkylation sites (N-methyl/N-ethyl adjacent to an activating group) is 4. The fourth-order valence-electron chi connectivity index (χ4n) is 15.3. The first-order valence-electron chi connectivity index (χ1n) is 43.4. The number of carbonyl (C=O) groups excluding carboxylic acids is 14. The van der Waals surface area contributed by atoms with Crippen molar-refractivity contribution in [3.05, 3.63) is 167 Å². The van der Waals surface area contributed by atoms with Crippen LogP contribution in [0.4, 0.5) is 17.6 Å². The number of H-pyrrole nitrogens is 2. The normalized spacial score (nSPS) is 20.4. The number of aromatic amines is 2. The van der Waals surface area contributed by atoms with Gasteiger partial charge in [0.1, 0.15) is 83.8 Å². The van der Waals surface area contributed by atoms with Crippen LogP contribution in [0.2, 0.25) is 0 Å². The molecule has 0 spiro atoms. The number of nitrogens with one attached hydrogen (secondary N) is 11. The van der Waals surface area contributed by atoms with Crippen LogP contribution in [0.25, 0.3) is 21.8 Å². The van der Waals surface area contributed by atoms with E-state index in [2.05, 4.69) is 57.8 Å². The van der Waals surface area contributed by atoms with Crippen molar-refractivity contribution in [2.75, 3.05) is 54.4 Å². The van der Waals surface area contributed by atoms with E-state index in [4.69, 9.17) is 21.4 Å². The number of carboxylic acid groups (broad SMARTS) is 2. The van der Waals surface area contributed by atoms with Crippen molar-refractivity contribution in [3.8, 4) is 11.5 Å². The number of hydrogen-bond donors (Lipinski definition) is 18. The minimum Gasteiger partial charge on any atom is -0.508 e. The first kappa shape index (κ1) is 104. The summed E-state index contributed by atoms with van der Waals surface area (Å²) in [5.41, 5.74) is 14.9. The van der Waals surface area contributed by atoms with Crippen molar-refractivity contribution in [3.63, 3.8) is 0 Å². The van der Waals surface area contributed by atoms with Crippen LogP contribution in [0.1, 0.15) is 125 Å². The van der Waals surface area contributed by atoms with Crippen molar-refractivity contribution in [1.82, 2.24) is 77.4 Å². The van der Waals surface area contributed by atoms with E-state index < -0.39 is 218 Å². The van der Waals surface area contributed by atoms with Gasteiger partial charge in [-0.1, -0.05) is 72.8 Å². The zero-order chi connectivity index (χ0) is 97.5. The number of phenols is 2. The largest absolute Gasteiger partial charge is 0.508 e. The number of aromatic hydroxyl groups is 2. The maximum absolute atomic E-state index is 16.0. The summed E-state index contributed by atoms with van der Waals surface area (Å²) in [5.74, 6) is -18.7. The van der Waals surface area contributed by atoms with E-state index in [9.17, 15) is 71.5 Å². The predicted octanol–water partition coefficient (Wildman–Crippen LogP) is 1.93. The first-order valence-corrected chi connectivity index (χ1v) is 43.4. The van der Waals surface area contributed by atoms with Crippen molar-refractivity contribution >= 4 is 116 Å².